The molecule has 0 radical (unpaired) electrons. The molecule has 0 bridgehead atoms. The molecule has 34 nitrogen and oxygen atoms in total. The molecule has 0 saturated carbocycles. The summed E-state index contributed by atoms with van der Waals surface area (Å²) in [5.41, 5.74) is 47.4. The van der Waals surface area contributed by atoms with Gasteiger partial charge in [-0.25, -0.2) is 0 Å². The van der Waals surface area contributed by atoms with Crippen molar-refractivity contribution in [2.45, 2.75) is 298 Å². The molecule has 38 heteroatoms. The van der Waals surface area contributed by atoms with Crippen LogP contribution in [0.3, 0.4) is 0 Å². The Morgan fingerprint density at radius 3 is 0.990 bits per heavy atom. The predicted molar refractivity (Wildman–Crippen MR) is 395 cm³/mol. The van der Waals surface area contributed by atoms with Gasteiger partial charge in [0.1, 0.15) is 36.6 Å². The van der Waals surface area contributed by atoms with Crippen molar-refractivity contribution >= 4 is 39.1 Å². The lowest BCUT2D eigenvalue weighted by atomic mass is 10.0. The van der Waals surface area contributed by atoms with Crippen LogP contribution in [-0.4, -0.2) is 263 Å². The molecule has 6 rings (SSSR count). The maximum Gasteiger partial charge on any atom is 0.192 e. The number of nitrogens with two attached hydrogens (primary N) is 1. The summed E-state index contributed by atoms with van der Waals surface area (Å²) in [7, 11) is -2.48. The Morgan fingerprint density at radius 1 is 0.416 bits per heavy atom. The number of carbonyl (C=O) groups excluding carboxylic acids is 1. The number of nitrogens with zero attached hydrogens (tertiary/aromatic N) is 15. The van der Waals surface area contributed by atoms with Crippen LogP contribution < -0.4 is 5.73 Å². The van der Waals surface area contributed by atoms with Crippen molar-refractivity contribution in [1.82, 2.24) is 0 Å². The van der Waals surface area contributed by atoms with E-state index < -0.39 is 51.6 Å². The summed E-state index contributed by atoms with van der Waals surface area (Å²) in [4.78, 5) is 25.6. The van der Waals surface area contributed by atoms with Gasteiger partial charge in [-0.05, 0) is 132 Å². The van der Waals surface area contributed by atoms with Gasteiger partial charge in [-0.1, -0.05) is 109 Å². The maximum atomic E-state index is 11.9. The van der Waals surface area contributed by atoms with Gasteiger partial charge in [0, 0.05) is 58.4 Å². The smallest absolute Gasteiger partial charge is 0.192 e. The number of carbonyl (C=O) groups is 1. The minimum Gasteiger partial charge on any atom is -0.414 e. The van der Waals surface area contributed by atoms with Gasteiger partial charge >= 0.3 is 0 Å². The minimum absolute atomic E-state index is 0.00519. The number of ketones is 1. The highest BCUT2D eigenvalue weighted by Gasteiger charge is 2.44. The summed E-state index contributed by atoms with van der Waals surface area (Å²) in [5, 5.41) is 56.2. The molecule has 6 N–H and O–H groups in total. The molecule has 0 aromatic carbocycles. The summed E-state index contributed by atoms with van der Waals surface area (Å²) in [6.07, 6.45) is -0.127. The van der Waals surface area contributed by atoms with Crippen LogP contribution in [0.25, 0.3) is 52.2 Å². The second-order valence-electron chi connectivity index (χ2n) is 32.2. The number of hydrogen-bond donors (Lipinski definition) is 5. The number of ether oxygens (including phenoxy) is 9. The lowest BCUT2D eigenvalue weighted by Gasteiger charge is -2.39. The van der Waals surface area contributed by atoms with E-state index in [1.807, 2.05) is 0 Å². The summed E-state index contributed by atoms with van der Waals surface area (Å²) in [5.74, 6) is -0.0395. The highest BCUT2D eigenvalue weighted by atomic mass is 28.4. The average Bonchev–Trinajstić information content (AvgIpc) is 0.840. The van der Waals surface area contributed by atoms with E-state index in [9.17, 15) is 15.0 Å². The number of aliphatic hydroxyl groups excluding tert-OH is 4. The first-order valence-electron chi connectivity index (χ1n) is 34.7. The molecule has 17 atom stereocenters. The molecule has 0 spiro atoms. The van der Waals surface area contributed by atoms with E-state index in [1.165, 1.54) is 0 Å². The minimum atomic E-state index is -1.86. The van der Waals surface area contributed by atoms with Gasteiger partial charge in [0.2, 0.25) is 0 Å². The molecule has 6 fully saturated rings. The molecule has 0 unspecified atom stereocenters. The standard InChI is InChI=1S/C13H27N3O3Si.2C12H25N3O3Si.C12H23N3O3Si.C7H13N3O3.C7H15NO3/c1-13(2,3)20(5,6)19-9-12-11(17-4)7-10(8-18-12)15-16-14;3*1-12(2,3)19(4,5)18-8-11-10(16)6-9(7-17-11)14-15-13;1-12-6-2-5(9-10-8)4-13-7(6)3-11;1-10-6-2-5(8)4-11-7(6)3-9/h10-12H,7-9H2,1-6H3;2*9-11,16H,6-8H2,1-5H3;9,11H,6-8H2,1-5H3;5-7,11H,2-4H2,1H3;5-7,9H,2-4,8H2,1H3/t10-,11-,12-;9-,10+,11-;9-,10-,11-;9-,11-;2*5-,6-,7-/m111111/s1. The summed E-state index contributed by atoms with van der Waals surface area (Å²) < 4.78 is 72.7. The largest absolute Gasteiger partial charge is 0.414 e. The fraction of sp³-hybridized carbons (Fsp3) is 0.984. The Morgan fingerprint density at radius 2 is 0.683 bits per heavy atom. The summed E-state index contributed by atoms with van der Waals surface area (Å²) in [6, 6.07) is -1.20. The van der Waals surface area contributed by atoms with Crippen molar-refractivity contribution in [3.63, 3.8) is 0 Å². The number of hydrogen-bond acceptors (Lipinski definition) is 24. The fourth-order valence-electron chi connectivity index (χ4n) is 9.45. The van der Waals surface area contributed by atoms with Gasteiger partial charge in [0.05, 0.1) is 140 Å². The molecule has 6 aliphatic heterocycles. The van der Waals surface area contributed by atoms with Crippen molar-refractivity contribution in [1.29, 1.82) is 0 Å². The van der Waals surface area contributed by atoms with Crippen LogP contribution >= 0.6 is 0 Å². The van der Waals surface area contributed by atoms with Crippen molar-refractivity contribution in [2.75, 3.05) is 101 Å². The molecule has 6 aliphatic rings. The molecule has 6 saturated heterocycles. The fourth-order valence-corrected chi connectivity index (χ4v) is 13.5. The lowest BCUT2D eigenvalue weighted by Crippen LogP contribution is -2.48. The van der Waals surface area contributed by atoms with Gasteiger partial charge in [0.25, 0.3) is 0 Å². The van der Waals surface area contributed by atoms with E-state index in [4.69, 9.17) is 104 Å². The second kappa shape index (κ2) is 45.1. The normalized spacial score (nSPS) is 29.7. The average molecular weight is 1510 g/mol. The van der Waals surface area contributed by atoms with Crippen molar-refractivity contribution in [2.24, 2.45) is 31.3 Å². The first-order chi connectivity index (χ1) is 46.8. The van der Waals surface area contributed by atoms with E-state index in [1.54, 1.807) is 21.3 Å². The van der Waals surface area contributed by atoms with Crippen molar-refractivity contribution in [3.8, 4) is 0 Å². The van der Waals surface area contributed by atoms with E-state index >= 15 is 0 Å². The first-order valence-corrected chi connectivity index (χ1v) is 46.4. The van der Waals surface area contributed by atoms with E-state index in [0.717, 1.165) is 6.42 Å². The Bertz CT molecular complexity index is 2600. The number of methoxy groups -OCH3 is 3. The van der Waals surface area contributed by atoms with Gasteiger partial charge in [-0.15, -0.1) is 0 Å². The second-order valence-corrected chi connectivity index (χ2v) is 51.4. The molecule has 0 aliphatic carbocycles. The molecule has 584 valence electrons. The molecule has 0 amide bonds. The van der Waals surface area contributed by atoms with E-state index in [-0.39, 0.29) is 131 Å². The lowest BCUT2D eigenvalue weighted by molar-refractivity contribution is -0.139. The van der Waals surface area contributed by atoms with Crippen molar-refractivity contribution in [3.05, 3.63) is 52.2 Å². The van der Waals surface area contributed by atoms with E-state index in [0.29, 0.717) is 91.8 Å². The Labute approximate surface area is 603 Å². The van der Waals surface area contributed by atoms with Crippen LogP contribution in [0.5, 0.6) is 0 Å². The molecule has 6 heterocycles. The third kappa shape index (κ3) is 33.8. The van der Waals surface area contributed by atoms with Crippen molar-refractivity contribution < 1.29 is 85.6 Å². The van der Waals surface area contributed by atoms with Gasteiger partial charge in [0.15, 0.2) is 39.1 Å². The highest BCUT2D eigenvalue weighted by Crippen LogP contribution is 2.40. The Hall–Kier alpha value is -3.63. The van der Waals surface area contributed by atoms with Crippen LogP contribution in [0.1, 0.15) is 122 Å². The van der Waals surface area contributed by atoms with Crippen LogP contribution in [0.4, 0.5) is 0 Å². The topological polar surface area (TPSA) is 488 Å². The third-order valence-corrected chi connectivity index (χ3v) is 38.5. The first kappa shape index (κ1) is 95.4. The zero-order valence-corrected chi connectivity index (χ0v) is 68.8. The SMILES string of the molecule is CC(C)(C)[Si](C)(C)OC[C@H]1OC[C@H](N=[N+]=[N-])CC1=O.CC(C)(C)[Si](C)(C)OC[C@H]1OC[C@H](N=[N+]=[N-])C[C@@H]1O.CC(C)(C)[Si](C)(C)OC[C@H]1OC[C@H](N=[N+]=[N-])C[C@H]1O.CO[C@@H]1C[C@@H](N)CO[C@@H]1CO.CO[C@@H]1C[C@@H](N=[N+]=[N-])CO[C@@H]1CO.CO[C@@H]1C[C@@H](N=[N+]=[N-])CO[C@@H]1CO[Si](C)(C)C(C)(C)C. The molecule has 0 aromatic rings. The van der Waals surface area contributed by atoms with Gasteiger partial charge < -0.3 is 86.5 Å². The highest BCUT2D eigenvalue weighted by molar-refractivity contribution is 6.75. The third-order valence-electron chi connectivity index (χ3n) is 20.5. The zero-order valence-electron chi connectivity index (χ0n) is 64.8. The van der Waals surface area contributed by atoms with Gasteiger partial charge in [-0.2, -0.15) is 0 Å². The maximum absolute atomic E-state index is 11.9. The number of aliphatic hydroxyl groups is 4. The van der Waals surface area contributed by atoms with Gasteiger partial charge in [-0.3, -0.25) is 4.79 Å². The number of azide groups is 5. The predicted octanol–water partition coefficient (Wildman–Crippen LogP) is 11.8. The molecule has 101 heavy (non-hydrogen) atoms. The quantitative estimate of drug-likeness (QED) is 0.0291. The zero-order chi connectivity index (χ0) is 77.4. The monoisotopic (exact) mass is 1510 g/mol. The number of rotatable bonds is 22. The summed E-state index contributed by atoms with van der Waals surface area (Å²) >= 11 is 0. The number of Topliss-reactive ketones (excluding diaryl/α,β-unsaturated/α-hetero) is 1. The summed E-state index contributed by atoms with van der Waals surface area (Å²) in [6.45, 7) is 47.5. The molecular formula is C63H128N16O18Si4. The van der Waals surface area contributed by atoms with Crippen LogP contribution in [0.15, 0.2) is 25.6 Å². The van der Waals surface area contributed by atoms with E-state index in [2.05, 4.69) is 186 Å². The Balaban J connectivity index is 0.000000612. The van der Waals surface area contributed by atoms with Crippen LogP contribution in [-0.2, 0) is 65.1 Å². The molecule has 0 aromatic heterocycles. The molecular weight excluding hydrogens is 1380 g/mol. The Kier molecular flexibility index (Phi) is 42.6. The van der Waals surface area contributed by atoms with Crippen LogP contribution in [0.2, 0.25) is 72.5 Å². The van der Waals surface area contributed by atoms with Crippen LogP contribution in [0, 0.1) is 0 Å².